The van der Waals surface area contributed by atoms with Gasteiger partial charge in [0, 0.05) is 17.1 Å². The van der Waals surface area contributed by atoms with E-state index in [4.69, 9.17) is 11.6 Å². The van der Waals surface area contributed by atoms with Crippen LogP contribution in [0, 0.1) is 11.6 Å². The topological polar surface area (TPSA) is 32.9 Å². The van der Waals surface area contributed by atoms with E-state index in [2.05, 4.69) is 20.9 Å². The summed E-state index contributed by atoms with van der Waals surface area (Å²) >= 11 is 9.02. The Labute approximate surface area is 131 Å². The number of aromatic nitrogens is 1. The third kappa shape index (κ3) is 2.36. The van der Waals surface area contributed by atoms with E-state index in [0.717, 1.165) is 6.07 Å². The lowest BCUT2D eigenvalue weighted by Gasteiger charge is -2.07. The number of benzene rings is 2. The van der Waals surface area contributed by atoms with Gasteiger partial charge in [0.15, 0.2) is 5.43 Å². The van der Waals surface area contributed by atoms with Gasteiger partial charge in [0.2, 0.25) is 0 Å². The highest BCUT2D eigenvalue weighted by Gasteiger charge is 2.15. The molecule has 0 amide bonds. The van der Waals surface area contributed by atoms with Crippen molar-refractivity contribution in [2.24, 2.45) is 0 Å². The fourth-order valence-corrected chi connectivity index (χ4v) is 2.76. The first-order valence-electron chi connectivity index (χ1n) is 5.94. The lowest BCUT2D eigenvalue weighted by molar-refractivity contribution is 0.623. The van der Waals surface area contributed by atoms with Crippen molar-refractivity contribution < 1.29 is 8.78 Å². The van der Waals surface area contributed by atoms with E-state index in [1.54, 1.807) is 0 Å². The van der Waals surface area contributed by atoms with Crippen molar-refractivity contribution in [3.05, 3.63) is 67.9 Å². The summed E-state index contributed by atoms with van der Waals surface area (Å²) in [7, 11) is 0. The molecule has 0 radical (unpaired) electrons. The van der Waals surface area contributed by atoms with Crippen LogP contribution in [0.3, 0.4) is 0 Å². The molecule has 0 aliphatic carbocycles. The molecule has 0 bridgehead atoms. The molecule has 106 valence electrons. The Kier molecular flexibility index (Phi) is 3.55. The zero-order valence-electron chi connectivity index (χ0n) is 10.4. The summed E-state index contributed by atoms with van der Waals surface area (Å²) < 4.78 is 27.8. The van der Waals surface area contributed by atoms with Crippen LogP contribution >= 0.6 is 27.5 Å². The minimum Gasteiger partial charge on any atom is -0.360 e. The van der Waals surface area contributed by atoms with E-state index in [-0.39, 0.29) is 26.0 Å². The molecule has 21 heavy (non-hydrogen) atoms. The maximum absolute atomic E-state index is 13.9. The highest BCUT2D eigenvalue weighted by Crippen LogP contribution is 2.29. The second-order valence-corrected chi connectivity index (χ2v) is 5.70. The van der Waals surface area contributed by atoms with E-state index in [1.165, 1.54) is 30.5 Å². The first kappa shape index (κ1) is 14.2. The number of H-pyrrole nitrogens is 1. The molecule has 2 nitrogen and oxygen atoms in total. The number of rotatable bonds is 1. The molecule has 1 N–H and O–H groups in total. The minimum absolute atomic E-state index is 0.00523. The van der Waals surface area contributed by atoms with Crippen LogP contribution in [0.5, 0.6) is 0 Å². The van der Waals surface area contributed by atoms with Gasteiger partial charge in [0.25, 0.3) is 0 Å². The molecule has 0 atom stereocenters. The van der Waals surface area contributed by atoms with Crippen molar-refractivity contribution in [2.75, 3.05) is 0 Å². The molecular weight excluding hydrogens is 364 g/mol. The van der Waals surface area contributed by atoms with Gasteiger partial charge in [-0.1, -0.05) is 17.7 Å². The SMILES string of the molecule is O=c1c(-c2c(F)cccc2Cl)c[nH]c2cc(Br)c(F)cc12. The zero-order valence-corrected chi connectivity index (χ0v) is 12.7. The molecule has 1 heterocycles. The molecular formula is C15H7BrClF2NO. The number of fused-ring (bicyclic) bond motifs is 1. The molecule has 3 rings (SSSR count). The number of hydrogen-bond acceptors (Lipinski definition) is 1. The van der Waals surface area contributed by atoms with Crippen molar-refractivity contribution in [1.82, 2.24) is 4.98 Å². The van der Waals surface area contributed by atoms with Crippen LogP contribution in [0.1, 0.15) is 0 Å². The van der Waals surface area contributed by atoms with E-state index in [1.807, 2.05) is 0 Å². The average molecular weight is 371 g/mol. The molecule has 1 aromatic heterocycles. The third-order valence-electron chi connectivity index (χ3n) is 3.15. The Balaban J connectivity index is 2.38. The molecule has 0 spiro atoms. The first-order valence-corrected chi connectivity index (χ1v) is 7.11. The van der Waals surface area contributed by atoms with Crippen LogP contribution < -0.4 is 5.43 Å². The van der Waals surface area contributed by atoms with Crippen molar-refractivity contribution in [3.8, 4) is 11.1 Å². The van der Waals surface area contributed by atoms with Crippen molar-refractivity contribution in [1.29, 1.82) is 0 Å². The Hall–Kier alpha value is -1.72. The second kappa shape index (κ2) is 5.24. The van der Waals surface area contributed by atoms with E-state index in [0.29, 0.717) is 5.52 Å². The summed E-state index contributed by atoms with van der Waals surface area (Å²) in [6.07, 6.45) is 1.37. The summed E-state index contributed by atoms with van der Waals surface area (Å²) in [4.78, 5) is 15.3. The van der Waals surface area contributed by atoms with Gasteiger partial charge in [-0.05, 0) is 40.2 Å². The van der Waals surface area contributed by atoms with Crippen molar-refractivity contribution in [3.63, 3.8) is 0 Å². The maximum atomic E-state index is 13.9. The number of hydrogen-bond donors (Lipinski definition) is 1. The first-order chi connectivity index (χ1) is 9.99. The van der Waals surface area contributed by atoms with Crippen molar-refractivity contribution >= 4 is 38.4 Å². The second-order valence-electron chi connectivity index (χ2n) is 4.44. The summed E-state index contributed by atoms with van der Waals surface area (Å²) in [5.74, 6) is -1.17. The summed E-state index contributed by atoms with van der Waals surface area (Å²) in [5.41, 5.74) is 0.0320. The molecule has 0 saturated heterocycles. The van der Waals surface area contributed by atoms with Gasteiger partial charge in [-0.15, -0.1) is 0 Å². The highest BCUT2D eigenvalue weighted by molar-refractivity contribution is 9.10. The lowest BCUT2D eigenvalue weighted by atomic mass is 10.0. The number of pyridine rings is 1. The van der Waals surface area contributed by atoms with Gasteiger partial charge < -0.3 is 4.98 Å². The fraction of sp³-hybridized carbons (Fsp3) is 0. The molecule has 0 unspecified atom stereocenters. The Morgan fingerprint density at radius 2 is 1.90 bits per heavy atom. The van der Waals surface area contributed by atoms with Crippen LogP contribution in [0.2, 0.25) is 5.02 Å². The highest BCUT2D eigenvalue weighted by atomic mass is 79.9. The average Bonchev–Trinajstić information content (AvgIpc) is 2.43. The quantitative estimate of drug-likeness (QED) is 0.650. The Morgan fingerprint density at radius 3 is 2.62 bits per heavy atom. The number of nitrogens with one attached hydrogen (secondary N) is 1. The van der Waals surface area contributed by atoms with Crippen LogP contribution in [0.25, 0.3) is 22.0 Å². The third-order valence-corrected chi connectivity index (χ3v) is 4.08. The number of aromatic amines is 1. The van der Waals surface area contributed by atoms with E-state index < -0.39 is 17.1 Å². The van der Waals surface area contributed by atoms with Gasteiger partial charge in [-0.25, -0.2) is 8.78 Å². The van der Waals surface area contributed by atoms with Crippen LogP contribution in [-0.4, -0.2) is 4.98 Å². The molecule has 3 aromatic rings. The Bertz CT molecular complexity index is 903. The van der Waals surface area contributed by atoms with E-state index in [9.17, 15) is 13.6 Å². The van der Waals surface area contributed by atoms with Gasteiger partial charge in [-0.2, -0.15) is 0 Å². The molecule has 6 heteroatoms. The maximum Gasteiger partial charge on any atom is 0.197 e. The summed E-state index contributed by atoms with van der Waals surface area (Å²) in [6, 6.07) is 6.72. The monoisotopic (exact) mass is 369 g/mol. The normalized spacial score (nSPS) is 11.0. The predicted octanol–water partition coefficient (Wildman–Crippen LogP) is 4.89. The summed E-state index contributed by atoms with van der Waals surface area (Å²) in [5, 5.41) is 0.255. The predicted molar refractivity (Wildman–Crippen MR) is 82.6 cm³/mol. The van der Waals surface area contributed by atoms with Crippen LogP contribution in [-0.2, 0) is 0 Å². The Morgan fingerprint density at radius 1 is 1.14 bits per heavy atom. The molecule has 2 aromatic carbocycles. The zero-order chi connectivity index (χ0) is 15.1. The van der Waals surface area contributed by atoms with Crippen molar-refractivity contribution in [2.45, 2.75) is 0 Å². The smallest absolute Gasteiger partial charge is 0.197 e. The molecule has 0 aliphatic heterocycles. The minimum atomic E-state index is -0.607. The van der Waals surface area contributed by atoms with E-state index >= 15 is 0 Å². The molecule has 0 fully saturated rings. The van der Waals surface area contributed by atoms with Gasteiger partial charge in [0.1, 0.15) is 11.6 Å². The fourth-order valence-electron chi connectivity index (χ4n) is 2.16. The molecule has 0 saturated carbocycles. The standard InChI is InChI=1S/C15H7BrClF2NO/c16-9-5-13-7(4-12(9)19)15(21)8(6-20-13)14-10(17)2-1-3-11(14)18/h1-6H,(H,20,21). The molecule has 0 aliphatic rings. The lowest BCUT2D eigenvalue weighted by Crippen LogP contribution is -2.08. The van der Waals surface area contributed by atoms with Gasteiger partial charge in [0.05, 0.1) is 20.6 Å². The van der Waals surface area contributed by atoms with Gasteiger partial charge >= 0.3 is 0 Å². The summed E-state index contributed by atoms with van der Waals surface area (Å²) in [6.45, 7) is 0. The van der Waals surface area contributed by atoms with Crippen LogP contribution in [0.15, 0.2) is 45.8 Å². The largest absolute Gasteiger partial charge is 0.360 e. The number of halogens is 4. The van der Waals surface area contributed by atoms with Crippen LogP contribution in [0.4, 0.5) is 8.78 Å². The van der Waals surface area contributed by atoms with Gasteiger partial charge in [-0.3, -0.25) is 4.79 Å².